The van der Waals surface area contributed by atoms with Crippen LogP contribution in [0.25, 0.3) is 0 Å². The Balaban J connectivity index is 2.24. The van der Waals surface area contributed by atoms with Crippen molar-refractivity contribution in [2.45, 2.75) is 19.3 Å². The third kappa shape index (κ3) is 2.90. The summed E-state index contributed by atoms with van der Waals surface area (Å²) < 4.78 is 0.874. The Labute approximate surface area is 113 Å². The van der Waals surface area contributed by atoms with Crippen LogP contribution in [0.3, 0.4) is 0 Å². The maximum Gasteiger partial charge on any atom is 0.101 e. The number of hydrogen-bond acceptors (Lipinski definition) is 2. The second kappa shape index (κ2) is 5.39. The maximum atomic E-state index is 6.12. The Morgan fingerprint density at radius 1 is 1.19 bits per heavy atom. The van der Waals surface area contributed by atoms with Crippen molar-refractivity contribution in [2.24, 2.45) is 4.99 Å². The molecule has 0 spiro atoms. The summed E-state index contributed by atoms with van der Waals surface area (Å²) in [7, 11) is 0. The average molecular weight is 322 g/mol. The zero-order chi connectivity index (χ0) is 11.5. The first kappa shape index (κ1) is 12.2. The van der Waals surface area contributed by atoms with Gasteiger partial charge in [-0.3, -0.25) is 4.99 Å². The molecule has 1 N–H and O–H groups in total. The highest BCUT2D eigenvalue weighted by Gasteiger charge is 2.11. The quantitative estimate of drug-likeness (QED) is 0.793. The molecule has 0 unspecified atom stereocenters. The Hall–Kier alpha value is -0.250. The van der Waals surface area contributed by atoms with Crippen molar-refractivity contribution in [3.8, 4) is 0 Å². The van der Waals surface area contributed by atoms with Crippen LogP contribution in [0.4, 0.5) is 5.69 Å². The lowest BCUT2D eigenvalue weighted by Crippen LogP contribution is -2.16. The van der Waals surface area contributed by atoms with E-state index >= 15 is 0 Å². The normalized spacial score (nSPS) is 15.8. The summed E-state index contributed by atoms with van der Waals surface area (Å²) >= 11 is 15.6. The van der Waals surface area contributed by atoms with Gasteiger partial charge in [0.05, 0.1) is 15.7 Å². The number of nitrogens with zero attached hydrogens (tertiary/aromatic N) is 1. The van der Waals surface area contributed by atoms with Gasteiger partial charge in [-0.1, -0.05) is 39.1 Å². The SMILES string of the molecule is Clc1cc(Br)cc(Cl)c1NC1=NCCCC1. The summed E-state index contributed by atoms with van der Waals surface area (Å²) in [6.07, 6.45) is 3.29. The molecular weight excluding hydrogens is 311 g/mol. The van der Waals surface area contributed by atoms with E-state index < -0.39 is 0 Å². The van der Waals surface area contributed by atoms with E-state index in [0.717, 1.165) is 41.8 Å². The molecule has 2 rings (SSSR count). The molecule has 1 aliphatic heterocycles. The van der Waals surface area contributed by atoms with Gasteiger partial charge in [0.1, 0.15) is 5.84 Å². The van der Waals surface area contributed by atoms with Crippen molar-refractivity contribution in [1.82, 2.24) is 0 Å². The minimum Gasteiger partial charge on any atom is -0.342 e. The second-order valence-corrected chi connectivity index (χ2v) is 5.39. The lowest BCUT2D eigenvalue weighted by molar-refractivity contribution is 0.737. The molecule has 0 radical (unpaired) electrons. The molecule has 0 saturated heterocycles. The van der Waals surface area contributed by atoms with Gasteiger partial charge in [0.25, 0.3) is 0 Å². The molecule has 0 saturated carbocycles. The number of halogens is 3. The molecule has 1 aliphatic rings. The number of anilines is 1. The average Bonchev–Trinajstić information content (AvgIpc) is 2.25. The van der Waals surface area contributed by atoms with Crippen LogP contribution in [-0.4, -0.2) is 12.4 Å². The first-order valence-corrected chi connectivity index (χ1v) is 6.66. The molecule has 0 bridgehead atoms. The van der Waals surface area contributed by atoms with Crippen molar-refractivity contribution in [3.63, 3.8) is 0 Å². The second-order valence-electron chi connectivity index (χ2n) is 3.65. The zero-order valence-electron chi connectivity index (χ0n) is 8.56. The monoisotopic (exact) mass is 320 g/mol. The van der Waals surface area contributed by atoms with Crippen molar-refractivity contribution in [1.29, 1.82) is 0 Å². The van der Waals surface area contributed by atoms with E-state index in [2.05, 4.69) is 26.2 Å². The number of amidine groups is 1. The van der Waals surface area contributed by atoms with Crippen LogP contribution in [0.15, 0.2) is 21.6 Å². The predicted octanol–water partition coefficient (Wildman–Crippen LogP) is 4.75. The molecule has 2 nitrogen and oxygen atoms in total. The molecule has 1 aromatic rings. The van der Waals surface area contributed by atoms with Crippen molar-refractivity contribution < 1.29 is 0 Å². The molecule has 1 heterocycles. The highest BCUT2D eigenvalue weighted by molar-refractivity contribution is 9.10. The van der Waals surface area contributed by atoms with E-state index in [1.165, 1.54) is 0 Å². The zero-order valence-corrected chi connectivity index (χ0v) is 11.7. The number of aliphatic imine (C=N–C) groups is 1. The molecule has 0 amide bonds. The third-order valence-corrected chi connectivity index (χ3v) is 3.45. The molecule has 0 fully saturated rings. The first-order valence-electron chi connectivity index (χ1n) is 5.12. The smallest absolute Gasteiger partial charge is 0.101 e. The number of hydrogen-bond donors (Lipinski definition) is 1. The van der Waals surface area contributed by atoms with Gasteiger partial charge in [-0.2, -0.15) is 0 Å². The van der Waals surface area contributed by atoms with Gasteiger partial charge in [-0.15, -0.1) is 0 Å². The summed E-state index contributed by atoms with van der Waals surface area (Å²) in [6, 6.07) is 3.64. The van der Waals surface area contributed by atoms with Gasteiger partial charge >= 0.3 is 0 Å². The fourth-order valence-electron chi connectivity index (χ4n) is 1.61. The number of nitrogens with one attached hydrogen (secondary N) is 1. The molecular formula is C11H11BrCl2N2. The fourth-order valence-corrected chi connectivity index (χ4v) is 2.91. The Morgan fingerprint density at radius 3 is 2.44 bits per heavy atom. The van der Waals surface area contributed by atoms with Crippen molar-refractivity contribution in [2.75, 3.05) is 11.9 Å². The Morgan fingerprint density at radius 2 is 1.88 bits per heavy atom. The number of benzene rings is 1. The first-order chi connectivity index (χ1) is 7.66. The molecule has 0 atom stereocenters. The van der Waals surface area contributed by atoms with Gasteiger partial charge in [0.2, 0.25) is 0 Å². The largest absolute Gasteiger partial charge is 0.342 e. The van der Waals surface area contributed by atoms with Crippen LogP contribution < -0.4 is 5.32 Å². The van der Waals surface area contributed by atoms with E-state index in [9.17, 15) is 0 Å². The van der Waals surface area contributed by atoms with E-state index in [0.29, 0.717) is 10.0 Å². The molecule has 0 aromatic heterocycles. The highest BCUT2D eigenvalue weighted by Crippen LogP contribution is 2.34. The lowest BCUT2D eigenvalue weighted by atomic mass is 10.2. The van der Waals surface area contributed by atoms with Gasteiger partial charge in [0, 0.05) is 17.4 Å². The van der Waals surface area contributed by atoms with Crippen LogP contribution in [0, 0.1) is 0 Å². The summed E-state index contributed by atoms with van der Waals surface area (Å²) in [5.74, 6) is 0.970. The van der Waals surface area contributed by atoms with Crippen LogP contribution >= 0.6 is 39.1 Å². The molecule has 0 aliphatic carbocycles. The summed E-state index contributed by atoms with van der Waals surface area (Å²) in [5, 5.41) is 4.42. The topological polar surface area (TPSA) is 24.4 Å². The van der Waals surface area contributed by atoms with E-state index in [-0.39, 0.29) is 0 Å². The van der Waals surface area contributed by atoms with Crippen molar-refractivity contribution in [3.05, 3.63) is 26.7 Å². The van der Waals surface area contributed by atoms with Crippen LogP contribution in [0.5, 0.6) is 0 Å². The standard InChI is InChI=1S/C11H11BrCl2N2/c12-7-5-8(13)11(9(14)6-7)16-10-3-1-2-4-15-10/h5-6H,1-4H2,(H,15,16). The van der Waals surface area contributed by atoms with Gasteiger partial charge in [-0.25, -0.2) is 0 Å². The van der Waals surface area contributed by atoms with Crippen LogP contribution in [0.1, 0.15) is 19.3 Å². The van der Waals surface area contributed by atoms with Gasteiger partial charge in [0.15, 0.2) is 0 Å². The van der Waals surface area contributed by atoms with E-state index in [4.69, 9.17) is 23.2 Å². The summed E-state index contributed by atoms with van der Waals surface area (Å²) in [5.41, 5.74) is 0.743. The minimum atomic E-state index is 0.604. The molecule has 86 valence electrons. The van der Waals surface area contributed by atoms with E-state index in [1.807, 2.05) is 12.1 Å². The number of rotatable bonds is 1. The fraction of sp³-hybridized carbons (Fsp3) is 0.364. The minimum absolute atomic E-state index is 0.604. The Bertz CT molecular complexity index is 409. The van der Waals surface area contributed by atoms with Crippen molar-refractivity contribution >= 4 is 50.7 Å². The van der Waals surface area contributed by atoms with Gasteiger partial charge < -0.3 is 5.32 Å². The maximum absolute atomic E-state index is 6.12. The molecule has 16 heavy (non-hydrogen) atoms. The highest BCUT2D eigenvalue weighted by atomic mass is 79.9. The molecule has 5 heteroatoms. The predicted molar refractivity (Wildman–Crippen MR) is 73.9 cm³/mol. The van der Waals surface area contributed by atoms with Gasteiger partial charge in [-0.05, 0) is 25.0 Å². The lowest BCUT2D eigenvalue weighted by Gasteiger charge is -2.16. The third-order valence-electron chi connectivity index (χ3n) is 2.40. The summed E-state index contributed by atoms with van der Waals surface area (Å²) in [4.78, 5) is 4.41. The molecule has 1 aromatic carbocycles. The van der Waals surface area contributed by atoms with Crippen LogP contribution in [0.2, 0.25) is 10.0 Å². The van der Waals surface area contributed by atoms with E-state index in [1.54, 1.807) is 0 Å². The van der Waals surface area contributed by atoms with Crippen LogP contribution in [-0.2, 0) is 0 Å². The Kier molecular flexibility index (Phi) is 4.11. The summed E-state index contributed by atoms with van der Waals surface area (Å²) in [6.45, 7) is 0.883.